The monoisotopic (exact) mass is 261 g/mol. The van der Waals surface area contributed by atoms with Crippen LogP contribution in [0.4, 0.5) is 0 Å². The number of carbonyl (C=O) groups excluding carboxylic acids is 2. The first-order chi connectivity index (χ1) is 9.08. The molecule has 1 aromatic carbocycles. The lowest BCUT2D eigenvalue weighted by Crippen LogP contribution is -2.18. The number of aryl methyl sites for hydroxylation is 1. The molecule has 0 aliphatic heterocycles. The quantitative estimate of drug-likeness (QED) is 0.479. The molecule has 19 heavy (non-hydrogen) atoms. The number of carbonyl (C=O) groups is 2. The summed E-state index contributed by atoms with van der Waals surface area (Å²) in [5.74, 6) is -1.19. The van der Waals surface area contributed by atoms with Gasteiger partial charge >= 0.3 is 5.97 Å². The van der Waals surface area contributed by atoms with E-state index in [1.807, 2.05) is 23.9 Å². The number of esters is 1. The van der Waals surface area contributed by atoms with Crippen LogP contribution in [0.2, 0.25) is 0 Å². The van der Waals surface area contributed by atoms with Gasteiger partial charge in [0.2, 0.25) is 0 Å². The Morgan fingerprint density at radius 2 is 2.05 bits per heavy atom. The van der Waals surface area contributed by atoms with Crippen LogP contribution in [0.1, 0.15) is 17.3 Å². The van der Waals surface area contributed by atoms with E-state index < -0.39 is 11.8 Å². The van der Waals surface area contributed by atoms with Gasteiger partial charge in [0.25, 0.3) is 5.78 Å². The molecule has 0 saturated carbocycles. The van der Waals surface area contributed by atoms with E-state index in [2.05, 4.69) is 0 Å². The van der Waals surface area contributed by atoms with Gasteiger partial charge in [0, 0.05) is 24.1 Å². The van der Waals surface area contributed by atoms with Crippen molar-refractivity contribution in [1.29, 1.82) is 0 Å². The third-order valence-electron chi connectivity index (χ3n) is 2.91. The number of rotatable bonds is 4. The maximum atomic E-state index is 12.0. The fourth-order valence-electron chi connectivity index (χ4n) is 1.95. The van der Waals surface area contributed by atoms with E-state index in [0.717, 1.165) is 10.9 Å². The Balaban J connectivity index is 2.54. The molecule has 5 heteroatoms. The first-order valence-electron chi connectivity index (χ1n) is 5.93. The summed E-state index contributed by atoms with van der Waals surface area (Å²) in [5.41, 5.74) is 1.07. The molecule has 0 saturated heterocycles. The highest BCUT2D eigenvalue weighted by Crippen LogP contribution is 2.27. The summed E-state index contributed by atoms with van der Waals surface area (Å²) in [6, 6.07) is 5.30. The van der Waals surface area contributed by atoms with Gasteiger partial charge in [-0.15, -0.1) is 0 Å². The molecular weight excluding hydrogens is 246 g/mol. The molecule has 0 bridgehead atoms. The summed E-state index contributed by atoms with van der Waals surface area (Å²) in [6.45, 7) is 1.82. The van der Waals surface area contributed by atoms with Gasteiger partial charge in [0.1, 0.15) is 5.75 Å². The fraction of sp³-hybridized carbons (Fsp3) is 0.286. The zero-order valence-electron chi connectivity index (χ0n) is 11.1. The van der Waals surface area contributed by atoms with E-state index in [9.17, 15) is 9.59 Å². The van der Waals surface area contributed by atoms with Crippen molar-refractivity contribution >= 4 is 22.7 Å². The maximum absolute atomic E-state index is 12.0. The van der Waals surface area contributed by atoms with Gasteiger partial charge in [0.15, 0.2) is 0 Å². The predicted octanol–water partition coefficient (Wildman–Crippen LogP) is 1.93. The number of hydrogen-bond acceptors (Lipinski definition) is 4. The van der Waals surface area contributed by atoms with Crippen LogP contribution in [0.25, 0.3) is 10.9 Å². The van der Waals surface area contributed by atoms with Crippen LogP contribution < -0.4 is 4.74 Å². The highest BCUT2D eigenvalue weighted by molar-refractivity contribution is 6.41. The zero-order chi connectivity index (χ0) is 14.0. The van der Waals surface area contributed by atoms with Crippen LogP contribution in [-0.2, 0) is 16.6 Å². The molecule has 2 aromatic rings. The molecule has 0 atom stereocenters. The number of Topliss-reactive ketones (excluding diaryl/α,β-unsaturated/α-hetero) is 1. The fourth-order valence-corrected chi connectivity index (χ4v) is 1.95. The van der Waals surface area contributed by atoms with Gasteiger partial charge < -0.3 is 14.0 Å². The predicted molar refractivity (Wildman–Crippen MR) is 70.4 cm³/mol. The first kappa shape index (κ1) is 13.1. The molecule has 0 aliphatic rings. The van der Waals surface area contributed by atoms with Crippen LogP contribution in [0.5, 0.6) is 5.75 Å². The summed E-state index contributed by atoms with van der Waals surface area (Å²) < 4.78 is 11.8. The molecule has 0 fully saturated rings. The topological polar surface area (TPSA) is 57.5 Å². The van der Waals surface area contributed by atoms with Crippen molar-refractivity contribution in [1.82, 2.24) is 4.57 Å². The lowest BCUT2D eigenvalue weighted by atomic mass is 10.1. The number of ketones is 1. The van der Waals surface area contributed by atoms with Crippen molar-refractivity contribution in [3.05, 3.63) is 30.0 Å². The number of benzene rings is 1. The number of fused-ring (bicyclic) bond motifs is 1. The lowest BCUT2D eigenvalue weighted by Gasteiger charge is -2.08. The lowest BCUT2D eigenvalue weighted by molar-refractivity contribution is -0.137. The normalized spacial score (nSPS) is 10.5. The Hall–Kier alpha value is -2.30. The summed E-state index contributed by atoms with van der Waals surface area (Å²) in [4.78, 5) is 23.6. The minimum Gasteiger partial charge on any atom is -0.496 e. The highest BCUT2D eigenvalue weighted by Gasteiger charge is 2.22. The maximum Gasteiger partial charge on any atom is 0.379 e. The Morgan fingerprint density at radius 3 is 2.68 bits per heavy atom. The second-order valence-corrected chi connectivity index (χ2v) is 4.09. The Morgan fingerprint density at radius 1 is 1.32 bits per heavy atom. The molecule has 0 radical (unpaired) electrons. The number of nitrogens with zero attached hydrogens (tertiary/aromatic N) is 1. The third kappa shape index (κ3) is 2.31. The average molecular weight is 261 g/mol. The van der Waals surface area contributed by atoms with E-state index in [0.29, 0.717) is 5.75 Å². The van der Waals surface area contributed by atoms with Crippen LogP contribution in [0.15, 0.2) is 24.4 Å². The van der Waals surface area contributed by atoms with Crippen LogP contribution in [0, 0.1) is 0 Å². The van der Waals surface area contributed by atoms with Gasteiger partial charge in [-0.05, 0) is 25.1 Å². The summed E-state index contributed by atoms with van der Waals surface area (Å²) in [7, 11) is 3.33. The highest BCUT2D eigenvalue weighted by atomic mass is 16.5. The van der Waals surface area contributed by atoms with Crippen molar-refractivity contribution in [3.63, 3.8) is 0 Å². The van der Waals surface area contributed by atoms with Crippen molar-refractivity contribution in [2.75, 3.05) is 13.7 Å². The molecule has 0 spiro atoms. The molecule has 1 heterocycles. The average Bonchev–Trinajstić information content (AvgIpc) is 2.77. The Bertz CT molecular complexity index is 642. The van der Waals surface area contributed by atoms with Gasteiger partial charge in [-0.25, -0.2) is 4.79 Å². The van der Waals surface area contributed by atoms with E-state index in [1.54, 1.807) is 19.1 Å². The van der Waals surface area contributed by atoms with Crippen molar-refractivity contribution < 1.29 is 19.1 Å². The van der Waals surface area contributed by atoms with Crippen molar-refractivity contribution in [2.45, 2.75) is 6.92 Å². The van der Waals surface area contributed by atoms with Crippen molar-refractivity contribution in [2.24, 2.45) is 7.05 Å². The molecule has 0 unspecified atom stereocenters. The number of ether oxygens (including phenoxy) is 2. The van der Waals surface area contributed by atoms with E-state index in [4.69, 9.17) is 9.47 Å². The molecule has 2 rings (SSSR count). The third-order valence-corrected chi connectivity index (χ3v) is 2.91. The molecule has 0 amide bonds. The van der Waals surface area contributed by atoms with Gasteiger partial charge in [-0.3, -0.25) is 4.79 Å². The minimum absolute atomic E-state index is 0.166. The second-order valence-electron chi connectivity index (χ2n) is 4.09. The molecule has 0 N–H and O–H groups in total. The van der Waals surface area contributed by atoms with Gasteiger partial charge in [0.05, 0.1) is 19.3 Å². The SMILES string of the molecule is CCOC(=O)C(=O)c1cc2c(ccn2C)cc1OC. The molecule has 0 aliphatic carbocycles. The van der Waals surface area contributed by atoms with Gasteiger partial charge in [-0.2, -0.15) is 0 Å². The molecule has 100 valence electrons. The van der Waals surface area contributed by atoms with Crippen LogP contribution >= 0.6 is 0 Å². The zero-order valence-corrected chi connectivity index (χ0v) is 11.1. The molecule has 5 nitrogen and oxygen atoms in total. The van der Waals surface area contributed by atoms with E-state index >= 15 is 0 Å². The Kier molecular flexibility index (Phi) is 3.55. The van der Waals surface area contributed by atoms with Crippen LogP contribution in [-0.4, -0.2) is 30.0 Å². The smallest absolute Gasteiger partial charge is 0.379 e. The van der Waals surface area contributed by atoms with Crippen LogP contribution in [0.3, 0.4) is 0 Å². The van der Waals surface area contributed by atoms with E-state index in [1.165, 1.54) is 7.11 Å². The first-order valence-corrected chi connectivity index (χ1v) is 5.93. The summed E-state index contributed by atoms with van der Waals surface area (Å²) >= 11 is 0. The van der Waals surface area contributed by atoms with E-state index in [-0.39, 0.29) is 12.2 Å². The second kappa shape index (κ2) is 5.14. The molecule has 1 aromatic heterocycles. The number of hydrogen-bond donors (Lipinski definition) is 0. The standard InChI is InChI=1S/C14H15NO4/c1-4-19-14(17)13(16)10-8-11-9(5-6-15(11)2)7-12(10)18-3/h5-8H,4H2,1-3H3. The van der Waals surface area contributed by atoms with Crippen molar-refractivity contribution in [3.8, 4) is 5.75 Å². The van der Waals surface area contributed by atoms with Gasteiger partial charge in [-0.1, -0.05) is 0 Å². The largest absolute Gasteiger partial charge is 0.496 e. The summed E-state index contributed by atoms with van der Waals surface area (Å²) in [6.07, 6.45) is 1.88. The Labute approximate surface area is 110 Å². The molecular formula is C14H15NO4. The summed E-state index contributed by atoms with van der Waals surface area (Å²) in [5, 5.41) is 0.944. The number of aromatic nitrogens is 1. The number of methoxy groups -OCH3 is 1. The minimum atomic E-state index is -0.866.